The van der Waals surface area contributed by atoms with Crippen molar-refractivity contribution in [2.24, 2.45) is 5.92 Å². The van der Waals surface area contributed by atoms with E-state index in [1.807, 2.05) is 54.6 Å². The van der Waals surface area contributed by atoms with Gasteiger partial charge in [0.15, 0.2) is 0 Å². The van der Waals surface area contributed by atoms with Crippen LogP contribution in [0.1, 0.15) is 15.9 Å². The SMILES string of the molecule is COC(=O)C(CNC(=O)c1cc(-c2ccccn2)nc2ccccc12)Cc1ccncc1. The molecule has 0 spiro atoms. The summed E-state index contributed by atoms with van der Waals surface area (Å²) in [6.45, 7) is 0.142. The highest BCUT2D eigenvalue weighted by Gasteiger charge is 2.22. The van der Waals surface area contributed by atoms with Crippen molar-refractivity contribution in [3.8, 4) is 11.4 Å². The summed E-state index contributed by atoms with van der Waals surface area (Å²) in [6, 6.07) is 18.4. The topological polar surface area (TPSA) is 94.1 Å². The molecule has 1 amide bonds. The van der Waals surface area contributed by atoms with Crippen LogP contribution < -0.4 is 5.32 Å². The Morgan fingerprint density at radius 3 is 2.50 bits per heavy atom. The van der Waals surface area contributed by atoms with E-state index in [1.54, 1.807) is 24.7 Å². The fourth-order valence-corrected chi connectivity index (χ4v) is 3.53. The van der Waals surface area contributed by atoms with Gasteiger partial charge >= 0.3 is 5.97 Å². The molecule has 1 aromatic carbocycles. The first-order chi connectivity index (χ1) is 15.7. The smallest absolute Gasteiger partial charge is 0.310 e. The summed E-state index contributed by atoms with van der Waals surface area (Å²) >= 11 is 0. The van der Waals surface area contributed by atoms with Crippen molar-refractivity contribution in [1.29, 1.82) is 0 Å². The molecular weight excluding hydrogens is 404 g/mol. The number of hydrogen-bond acceptors (Lipinski definition) is 6. The van der Waals surface area contributed by atoms with Crippen molar-refractivity contribution in [1.82, 2.24) is 20.3 Å². The molecule has 0 aliphatic carbocycles. The van der Waals surface area contributed by atoms with Crippen LogP contribution >= 0.6 is 0 Å². The number of benzene rings is 1. The number of methoxy groups -OCH3 is 1. The molecule has 32 heavy (non-hydrogen) atoms. The van der Waals surface area contributed by atoms with Gasteiger partial charge in [-0.3, -0.25) is 19.6 Å². The van der Waals surface area contributed by atoms with E-state index in [9.17, 15) is 9.59 Å². The number of carbonyl (C=O) groups is 2. The number of fused-ring (bicyclic) bond motifs is 1. The van der Waals surface area contributed by atoms with Crippen LogP contribution in [0.2, 0.25) is 0 Å². The molecule has 0 radical (unpaired) electrons. The second kappa shape index (κ2) is 9.78. The molecular formula is C25H22N4O3. The largest absolute Gasteiger partial charge is 0.469 e. The van der Waals surface area contributed by atoms with Crippen LogP contribution in [0.4, 0.5) is 0 Å². The summed E-state index contributed by atoms with van der Waals surface area (Å²) in [7, 11) is 1.35. The molecule has 0 aliphatic heterocycles. The van der Waals surface area contributed by atoms with E-state index in [0.717, 1.165) is 10.9 Å². The van der Waals surface area contributed by atoms with Crippen LogP contribution in [0.15, 0.2) is 79.3 Å². The fourth-order valence-electron chi connectivity index (χ4n) is 3.53. The van der Waals surface area contributed by atoms with Crippen molar-refractivity contribution in [3.05, 3.63) is 90.4 Å². The number of para-hydroxylation sites is 1. The summed E-state index contributed by atoms with van der Waals surface area (Å²) in [5.41, 5.74) is 3.40. The molecule has 0 saturated carbocycles. The average molecular weight is 426 g/mol. The van der Waals surface area contributed by atoms with Gasteiger partial charge in [0.25, 0.3) is 5.91 Å². The second-order valence-corrected chi connectivity index (χ2v) is 7.28. The van der Waals surface area contributed by atoms with E-state index in [1.165, 1.54) is 7.11 Å². The average Bonchev–Trinajstić information content (AvgIpc) is 2.86. The first kappa shape index (κ1) is 21.1. The molecule has 0 bridgehead atoms. The molecule has 0 aliphatic rings. The molecule has 3 heterocycles. The van der Waals surface area contributed by atoms with Gasteiger partial charge in [-0.25, -0.2) is 4.98 Å². The van der Waals surface area contributed by atoms with Gasteiger partial charge in [0.2, 0.25) is 0 Å². The predicted molar refractivity (Wildman–Crippen MR) is 121 cm³/mol. The van der Waals surface area contributed by atoms with Crippen molar-refractivity contribution in [2.45, 2.75) is 6.42 Å². The van der Waals surface area contributed by atoms with Crippen molar-refractivity contribution in [3.63, 3.8) is 0 Å². The number of aromatic nitrogens is 3. The fraction of sp³-hybridized carbons (Fsp3) is 0.160. The predicted octanol–water partition coefficient (Wildman–Crippen LogP) is 3.45. The number of amides is 1. The summed E-state index contributed by atoms with van der Waals surface area (Å²) in [6.07, 6.45) is 5.47. The maximum Gasteiger partial charge on any atom is 0.310 e. The zero-order valence-corrected chi connectivity index (χ0v) is 17.6. The Bertz CT molecular complexity index is 1230. The molecule has 1 atom stereocenters. The molecule has 7 heteroatoms. The summed E-state index contributed by atoms with van der Waals surface area (Å²) in [4.78, 5) is 38.5. The highest BCUT2D eigenvalue weighted by molar-refractivity contribution is 6.07. The Balaban J connectivity index is 1.60. The molecule has 0 saturated heterocycles. The number of hydrogen-bond donors (Lipinski definition) is 1. The number of nitrogens with one attached hydrogen (secondary N) is 1. The third kappa shape index (κ3) is 4.78. The van der Waals surface area contributed by atoms with Gasteiger partial charge in [-0.2, -0.15) is 0 Å². The van der Waals surface area contributed by atoms with Crippen molar-refractivity contribution < 1.29 is 14.3 Å². The Kier molecular flexibility index (Phi) is 6.46. The lowest BCUT2D eigenvalue weighted by atomic mass is 9.99. The normalized spacial score (nSPS) is 11.7. The summed E-state index contributed by atoms with van der Waals surface area (Å²) in [5, 5.41) is 3.63. The standard InChI is InChI=1S/C25H22N4O3/c1-32-25(31)18(14-17-9-12-26-13-10-17)16-28-24(30)20-15-23(22-8-4-5-11-27-22)29-21-7-3-2-6-19(20)21/h2-13,15,18H,14,16H2,1H3,(H,28,30). The van der Waals surface area contributed by atoms with E-state index in [2.05, 4.69) is 20.3 Å². The molecule has 160 valence electrons. The Hall–Kier alpha value is -4.13. The lowest BCUT2D eigenvalue weighted by Crippen LogP contribution is -2.35. The van der Waals surface area contributed by atoms with E-state index >= 15 is 0 Å². The van der Waals surface area contributed by atoms with Gasteiger partial charge in [0, 0.05) is 30.5 Å². The molecule has 0 fully saturated rings. The van der Waals surface area contributed by atoms with Crippen LogP contribution in [0, 0.1) is 5.92 Å². The zero-order valence-electron chi connectivity index (χ0n) is 17.6. The number of carbonyl (C=O) groups excluding carboxylic acids is 2. The van der Waals surface area contributed by atoms with E-state index in [0.29, 0.717) is 28.9 Å². The van der Waals surface area contributed by atoms with E-state index < -0.39 is 5.92 Å². The lowest BCUT2D eigenvalue weighted by Gasteiger charge is -2.16. The van der Waals surface area contributed by atoms with Gasteiger partial charge in [-0.1, -0.05) is 24.3 Å². The van der Waals surface area contributed by atoms with Crippen LogP contribution in [0.25, 0.3) is 22.3 Å². The molecule has 4 aromatic rings. The molecule has 1 unspecified atom stereocenters. The van der Waals surface area contributed by atoms with Gasteiger partial charge in [-0.15, -0.1) is 0 Å². The second-order valence-electron chi connectivity index (χ2n) is 7.28. The van der Waals surface area contributed by atoms with E-state index in [-0.39, 0.29) is 18.4 Å². The van der Waals surface area contributed by atoms with Crippen LogP contribution in [-0.2, 0) is 16.0 Å². The summed E-state index contributed by atoms with van der Waals surface area (Å²) < 4.78 is 4.95. The van der Waals surface area contributed by atoms with Gasteiger partial charge in [0.1, 0.15) is 0 Å². The molecule has 4 rings (SSSR count). The van der Waals surface area contributed by atoms with Gasteiger partial charge in [0.05, 0.1) is 35.5 Å². The Labute approximate surface area is 185 Å². The first-order valence-corrected chi connectivity index (χ1v) is 10.2. The number of rotatable bonds is 7. The highest BCUT2D eigenvalue weighted by atomic mass is 16.5. The lowest BCUT2D eigenvalue weighted by molar-refractivity contribution is -0.145. The van der Waals surface area contributed by atoms with Crippen LogP contribution in [0.5, 0.6) is 0 Å². The van der Waals surface area contributed by atoms with Crippen molar-refractivity contribution >= 4 is 22.8 Å². The van der Waals surface area contributed by atoms with Crippen molar-refractivity contribution in [2.75, 3.05) is 13.7 Å². The molecule has 3 aromatic heterocycles. The number of pyridine rings is 3. The van der Waals surface area contributed by atoms with Crippen LogP contribution in [0.3, 0.4) is 0 Å². The Morgan fingerprint density at radius 1 is 0.969 bits per heavy atom. The monoisotopic (exact) mass is 426 g/mol. The third-order valence-corrected chi connectivity index (χ3v) is 5.16. The first-order valence-electron chi connectivity index (χ1n) is 10.2. The number of esters is 1. The maximum absolute atomic E-state index is 13.2. The highest BCUT2D eigenvalue weighted by Crippen LogP contribution is 2.23. The molecule has 1 N–H and O–H groups in total. The van der Waals surface area contributed by atoms with Gasteiger partial charge < -0.3 is 10.1 Å². The molecule has 7 nitrogen and oxygen atoms in total. The maximum atomic E-state index is 13.2. The number of ether oxygens (including phenoxy) is 1. The Morgan fingerprint density at radius 2 is 1.75 bits per heavy atom. The minimum absolute atomic E-state index is 0.142. The third-order valence-electron chi connectivity index (χ3n) is 5.16. The van der Waals surface area contributed by atoms with Crippen LogP contribution in [-0.4, -0.2) is 40.5 Å². The quantitative estimate of drug-likeness (QED) is 0.455. The minimum atomic E-state index is -0.519. The van der Waals surface area contributed by atoms with E-state index in [4.69, 9.17) is 4.74 Å². The summed E-state index contributed by atoms with van der Waals surface area (Å²) in [5.74, 6) is -1.19. The number of nitrogens with zero attached hydrogens (tertiary/aromatic N) is 3. The minimum Gasteiger partial charge on any atom is -0.469 e. The van der Waals surface area contributed by atoms with Gasteiger partial charge in [-0.05, 0) is 48.4 Å². The zero-order chi connectivity index (χ0) is 22.3.